The summed E-state index contributed by atoms with van der Waals surface area (Å²) in [5.41, 5.74) is 1.88. The maximum Gasteiger partial charge on any atom is 0.247 e. The van der Waals surface area contributed by atoms with Crippen LogP contribution in [-0.4, -0.2) is 25.4 Å². The molecule has 0 saturated carbocycles. The summed E-state index contributed by atoms with van der Waals surface area (Å²) >= 11 is 0. The minimum absolute atomic E-state index is 0.511. The lowest BCUT2D eigenvalue weighted by Gasteiger charge is -2.02. The lowest BCUT2D eigenvalue weighted by atomic mass is 10.1. The Bertz CT molecular complexity index is 718. The standard InChI is InChI=1S/C16H18N6/c1-11(2)10-15-18-16(22-21-15)17-14-9-8-13(19-20-14)12-6-4-3-5-7-12/h3-9,11H,10H2,1-2H3,(H2,17,18,20,21,22). The van der Waals surface area contributed by atoms with Crippen molar-refractivity contribution in [2.45, 2.75) is 20.3 Å². The maximum absolute atomic E-state index is 4.38. The average Bonchev–Trinajstić information content (AvgIpc) is 2.95. The molecule has 1 aromatic carbocycles. The van der Waals surface area contributed by atoms with Crippen molar-refractivity contribution in [2.75, 3.05) is 5.32 Å². The van der Waals surface area contributed by atoms with Crippen LogP contribution in [0.5, 0.6) is 0 Å². The summed E-state index contributed by atoms with van der Waals surface area (Å²) in [6.45, 7) is 4.28. The first-order valence-corrected chi connectivity index (χ1v) is 7.28. The van der Waals surface area contributed by atoms with Crippen molar-refractivity contribution in [3.05, 3.63) is 48.3 Å². The van der Waals surface area contributed by atoms with E-state index in [1.165, 1.54) is 0 Å². The van der Waals surface area contributed by atoms with E-state index in [4.69, 9.17) is 0 Å². The van der Waals surface area contributed by atoms with Crippen LogP contribution in [0.3, 0.4) is 0 Å². The van der Waals surface area contributed by atoms with Gasteiger partial charge in [-0.15, -0.1) is 15.3 Å². The van der Waals surface area contributed by atoms with Gasteiger partial charge in [0.1, 0.15) is 5.82 Å². The SMILES string of the molecule is CC(C)Cc1nc(Nc2ccc(-c3ccccc3)nn2)n[nH]1. The van der Waals surface area contributed by atoms with Crippen LogP contribution in [0, 0.1) is 5.92 Å². The molecule has 3 aromatic rings. The number of hydrogen-bond acceptors (Lipinski definition) is 5. The number of nitrogens with zero attached hydrogens (tertiary/aromatic N) is 4. The summed E-state index contributed by atoms with van der Waals surface area (Å²) in [7, 11) is 0. The van der Waals surface area contributed by atoms with Gasteiger partial charge in [-0.3, -0.25) is 5.10 Å². The number of aromatic amines is 1. The Balaban J connectivity index is 1.70. The monoisotopic (exact) mass is 294 g/mol. The number of H-pyrrole nitrogens is 1. The summed E-state index contributed by atoms with van der Waals surface area (Å²) in [4.78, 5) is 4.38. The molecule has 0 saturated heterocycles. The number of aromatic nitrogens is 5. The van der Waals surface area contributed by atoms with Gasteiger partial charge in [-0.05, 0) is 18.1 Å². The first-order chi connectivity index (χ1) is 10.7. The zero-order valence-electron chi connectivity index (χ0n) is 12.6. The Morgan fingerprint density at radius 2 is 1.86 bits per heavy atom. The molecule has 0 amide bonds. The molecule has 3 rings (SSSR count). The topological polar surface area (TPSA) is 79.4 Å². The molecule has 2 heterocycles. The normalized spacial score (nSPS) is 10.9. The number of anilines is 2. The van der Waals surface area contributed by atoms with E-state index in [0.29, 0.717) is 17.7 Å². The molecule has 2 aromatic heterocycles. The van der Waals surface area contributed by atoms with Gasteiger partial charge in [0.25, 0.3) is 0 Å². The van der Waals surface area contributed by atoms with E-state index in [1.54, 1.807) is 0 Å². The van der Waals surface area contributed by atoms with Gasteiger partial charge in [0, 0.05) is 12.0 Å². The minimum atomic E-state index is 0.511. The molecule has 0 aliphatic heterocycles. The molecular formula is C16H18N6. The van der Waals surface area contributed by atoms with Crippen LogP contribution in [0.2, 0.25) is 0 Å². The van der Waals surface area contributed by atoms with Crippen LogP contribution in [0.15, 0.2) is 42.5 Å². The van der Waals surface area contributed by atoms with Crippen LogP contribution in [-0.2, 0) is 6.42 Å². The molecule has 0 unspecified atom stereocenters. The molecule has 0 spiro atoms. The van der Waals surface area contributed by atoms with Crippen LogP contribution in [0.25, 0.3) is 11.3 Å². The second kappa shape index (κ2) is 6.34. The third-order valence-electron chi connectivity index (χ3n) is 3.11. The summed E-state index contributed by atoms with van der Waals surface area (Å²) < 4.78 is 0. The predicted octanol–water partition coefficient (Wildman–Crippen LogP) is 3.20. The van der Waals surface area contributed by atoms with E-state index in [1.807, 2.05) is 42.5 Å². The summed E-state index contributed by atoms with van der Waals surface area (Å²) in [6, 6.07) is 13.7. The van der Waals surface area contributed by atoms with Crippen molar-refractivity contribution < 1.29 is 0 Å². The Kier molecular flexibility index (Phi) is 4.09. The van der Waals surface area contributed by atoms with E-state index in [0.717, 1.165) is 23.5 Å². The molecule has 0 bridgehead atoms. The molecule has 6 heteroatoms. The minimum Gasteiger partial charge on any atom is -0.306 e. The average molecular weight is 294 g/mol. The highest BCUT2D eigenvalue weighted by atomic mass is 15.3. The highest BCUT2D eigenvalue weighted by molar-refractivity contribution is 5.60. The smallest absolute Gasteiger partial charge is 0.247 e. The number of hydrogen-bond donors (Lipinski definition) is 2. The Morgan fingerprint density at radius 1 is 1.05 bits per heavy atom. The van der Waals surface area contributed by atoms with Crippen molar-refractivity contribution in [1.82, 2.24) is 25.4 Å². The highest BCUT2D eigenvalue weighted by Crippen LogP contribution is 2.17. The fourth-order valence-corrected chi connectivity index (χ4v) is 2.11. The van der Waals surface area contributed by atoms with E-state index in [-0.39, 0.29) is 0 Å². The van der Waals surface area contributed by atoms with Crippen molar-refractivity contribution in [2.24, 2.45) is 5.92 Å². The van der Waals surface area contributed by atoms with Gasteiger partial charge in [-0.25, -0.2) is 0 Å². The predicted molar refractivity (Wildman–Crippen MR) is 85.7 cm³/mol. The Morgan fingerprint density at radius 3 is 2.55 bits per heavy atom. The molecule has 0 atom stereocenters. The quantitative estimate of drug-likeness (QED) is 0.755. The summed E-state index contributed by atoms with van der Waals surface area (Å²) in [5.74, 6) is 2.53. The number of rotatable bonds is 5. The van der Waals surface area contributed by atoms with Crippen LogP contribution in [0.1, 0.15) is 19.7 Å². The molecule has 22 heavy (non-hydrogen) atoms. The van der Waals surface area contributed by atoms with Gasteiger partial charge < -0.3 is 5.32 Å². The van der Waals surface area contributed by atoms with Crippen molar-refractivity contribution in [3.8, 4) is 11.3 Å². The van der Waals surface area contributed by atoms with Gasteiger partial charge in [-0.1, -0.05) is 44.2 Å². The first kappa shape index (κ1) is 14.2. The van der Waals surface area contributed by atoms with E-state index < -0.39 is 0 Å². The molecule has 0 fully saturated rings. The number of benzene rings is 1. The fourth-order valence-electron chi connectivity index (χ4n) is 2.11. The molecule has 112 valence electrons. The maximum atomic E-state index is 4.38. The fraction of sp³-hybridized carbons (Fsp3) is 0.250. The van der Waals surface area contributed by atoms with Gasteiger partial charge in [0.05, 0.1) is 5.69 Å². The zero-order valence-corrected chi connectivity index (χ0v) is 12.6. The lowest BCUT2D eigenvalue weighted by Crippen LogP contribution is -1.98. The summed E-state index contributed by atoms with van der Waals surface area (Å²) in [5, 5.41) is 18.5. The zero-order chi connectivity index (χ0) is 15.4. The van der Waals surface area contributed by atoms with E-state index in [9.17, 15) is 0 Å². The first-order valence-electron chi connectivity index (χ1n) is 7.28. The van der Waals surface area contributed by atoms with Gasteiger partial charge >= 0.3 is 0 Å². The van der Waals surface area contributed by atoms with Crippen LogP contribution in [0.4, 0.5) is 11.8 Å². The van der Waals surface area contributed by atoms with E-state index >= 15 is 0 Å². The van der Waals surface area contributed by atoms with Crippen molar-refractivity contribution in [3.63, 3.8) is 0 Å². The largest absolute Gasteiger partial charge is 0.306 e. The number of nitrogens with one attached hydrogen (secondary N) is 2. The van der Waals surface area contributed by atoms with Crippen molar-refractivity contribution in [1.29, 1.82) is 0 Å². The molecule has 0 aliphatic rings. The molecule has 2 N–H and O–H groups in total. The highest BCUT2D eigenvalue weighted by Gasteiger charge is 2.06. The Hall–Kier alpha value is -2.76. The third-order valence-corrected chi connectivity index (χ3v) is 3.11. The lowest BCUT2D eigenvalue weighted by molar-refractivity contribution is 0.623. The van der Waals surface area contributed by atoms with Gasteiger partial charge in [0.15, 0.2) is 5.82 Å². The van der Waals surface area contributed by atoms with Gasteiger partial charge in [-0.2, -0.15) is 4.98 Å². The molecule has 0 radical (unpaired) electrons. The van der Waals surface area contributed by atoms with Crippen molar-refractivity contribution >= 4 is 11.8 Å². The summed E-state index contributed by atoms with van der Waals surface area (Å²) in [6.07, 6.45) is 0.868. The van der Waals surface area contributed by atoms with E-state index in [2.05, 4.69) is 44.5 Å². The molecular weight excluding hydrogens is 276 g/mol. The third kappa shape index (κ3) is 3.46. The second-order valence-corrected chi connectivity index (χ2v) is 5.50. The van der Waals surface area contributed by atoms with Gasteiger partial charge in [0.2, 0.25) is 5.95 Å². The van der Waals surface area contributed by atoms with Crippen LogP contribution < -0.4 is 5.32 Å². The Labute approximate surface area is 129 Å². The molecule has 0 aliphatic carbocycles. The van der Waals surface area contributed by atoms with Crippen LogP contribution >= 0.6 is 0 Å². The second-order valence-electron chi connectivity index (χ2n) is 5.50. The molecule has 6 nitrogen and oxygen atoms in total.